The third kappa shape index (κ3) is 21.5. The van der Waals surface area contributed by atoms with E-state index in [-0.39, 0.29) is 77.9 Å². The number of hydrogen-bond acceptors (Lipinski definition) is 16. The van der Waals surface area contributed by atoms with E-state index in [0.29, 0.717) is 91.1 Å². The number of fused-ring (bicyclic) bond motifs is 11. The van der Waals surface area contributed by atoms with Gasteiger partial charge in [-0.1, -0.05) is 124 Å². The summed E-state index contributed by atoms with van der Waals surface area (Å²) >= 11 is 0. The summed E-state index contributed by atoms with van der Waals surface area (Å²) in [6.45, 7) is 34.1. The molecule has 12 bridgehead atoms. The fourth-order valence-electron chi connectivity index (χ4n) is 16.7. The van der Waals surface area contributed by atoms with Crippen LogP contribution < -0.4 is 0 Å². The Kier molecular flexibility index (Phi) is 38.3. The summed E-state index contributed by atoms with van der Waals surface area (Å²) in [5, 5.41) is 0. The van der Waals surface area contributed by atoms with Crippen LogP contribution in [0.3, 0.4) is 0 Å². The van der Waals surface area contributed by atoms with Crippen LogP contribution in [-0.4, -0.2) is 104 Å². The predicted octanol–water partition coefficient (Wildman–Crippen LogP) is 16.1. The summed E-state index contributed by atoms with van der Waals surface area (Å²) in [6.07, 6.45) is 31.5. The summed E-state index contributed by atoms with van der Waals surface area (Å²) in [5.41, 5.74) is 0. The number of rotatable bonds is 0. The van der Waals surface area contributed by atoms with Crippen molar-refractivity contribution in [2.75, 3.05) is 19.8 Å². The predicted molar refractivity (Wildman–Crippen MR) is 350 cm³/mol. The molecule has 9 aliphatic heterocycles. The highest BCUT2D eigenvalue weighted by Crippen LogP contribution is 2.56. The number of esters is 7. The lowest BCUT2D eigenvalue weighted by Crippen LogP contribution is -2.36. The molecule has 16 heteroatoms. The quantitative estimate of drug-likeness (QED) is 0.163. The van der Waals surface area contributed by atoms with Crippen LogP contribution in [0.5, 0.6) is 0 Å². The van der Waals surface area contributed by atoms with Gasteiger partial charge in [0.05, 0.1) is 61.4 Å². The first-order valence-electron chi connectivity index (χ1n) is 37.4. The van der Waals surface area contributed by atoms with Gasteiger partial charge in [-0.3, -0.25) is 38.4 Å². The second kappa shape index (κ2) is 43.0. The van der Waals surface area contributed by atoms with E-state index < -0.39 is 0 Å². The van der Waals surface area contributed by atoms with Gasteiger partial charge in [0.1, 0.15) is 36.3 Å². The number of cyclic esters (lactones) is 3. The molecule has 9 saturated heterocycles. The van der Waals surface area contributed by atoms with Crippen molar-refractivity contribution in [3.05, 3.63) is 0 Å². The minimum absolute atomic E-state index is 0.0324. The molecule has 0 spiro atoms. The van der Waals surface area contributed by atoms with Gasteiger partial charge in [-0.05, 0) is 159 Å². The molecule has 0 aromatic rings. The highest BCUT2D eigenvalue weighted by molar-refractivity contribution is 5.80. The van der Waals surface area contributed by atoms with Gasteiger partial charge >= 0.3 is 41.8 Å². The van der Waals surface area contributed by atoms with Crippen molar-refractivity contribution in [1.29, 1.82) is 0 Å². The Labute approximate surface area is 545 Å². The van der Waals surface area contributed by atoms with Crippen LogP contribution >= 0.6 is 0 Å². The highest BCUT2D eigenvalue weighted by atomic mass is 16.6. The molecule has 20 atom stereocenters. The van der Waals surface area contributed by atoms with E-state index in [4.69, 9.17) is 33.2 Å². The van der Waals surface area contributed by atoms with Gasteiger partial charge in [0, 0.05) is 49.4 Å². The summed E-state index contributed by atoms with van der Waals surface area (Å²) in [5.74, 6) is 7.90. The summed E-state index contributed by atoms with van der Waals surface area (Å²) in [7, 11) is 0. The number of carbonyl (C=O) groups is 8. The van der Waals surface area contributed by atoms with Crippen molar-refractivity contribution in [1.82, 2.24) is 0 Å². The third-order valence-electron chi connectivity index (χ3n) is 20.5. The Balaban J connectivity index is 0.000000261. The van der Waals surface area contributed by atoms with E-state index in [0.717, 1.165) is 127 Å². The van der Waals surface area contributed by atoms with E-state index >= 15 is 0 Å². The molecule has 0 N–H and O–H groups in total. The van der Waals surface area contributed by atoms with Crippen LogP contribution in [0.1, 0.15) is 284 Å². The average molecular weight is 1270 g/mol. The molecule has 20 unspecified atom stereocenters. The van der Waals surface area contributed by atoms with E-state index in [9.17, 15) is 38.4 Å². The van der Waals surface area contributed by atoms with Crippen LogP contribution in [-0.2, 0) is 76.3 Å². The first kappa shape index (κ1) is 80.2. The Morgan fingerprint density at radius 2 is 0.900 bits per heavy atom. The molecule has 9 heterocycles. The molecule has 0 amide bonds. The molecule has 520 valence electrons. The smallest absolute Gasteiger partial charge is 0.312 e. The van der Waals surface area contributed by atoms with Gasteiger partial charge in [0.25, 0.3) is 0 Å². The van der Waals surface area contributed by atoms with Gasteiger partial charge < -0.3 is 37.9 Å². The lowest BCUT2D eigenvalue weighted by molar-refractivity contribution is -0.147. The van der Waals surface area contributed by atoms with Crippen molar-refractivity contribution < 1.29 is 76.3 Å². The van der Waals surface area contributed by atoms with E-state index in [2.05, 4.69) is 4.74 Å². The molecule has 16 nitrogen and oxygen atoms in total. The molecular weight excluding hydrogens is 1140 g/mol. The molecule has 10 aliphatic carbocycles. The SMILES string of the molecule is CC.CC.CC.CC.CC.CC.CC.CC.O=C1CCCC1.O=C1CCCCO1.O=C1OC2CC3CC1C2C3.O=C1OC2CC3CC1C2O3.O=C1OC2CC3CCC2C1C3.O=C1OC2CCCC1C2.O=C1OCC2C3CCC(C3)C12.O=C1OCC2CCCCC12. The second-order valence-electron chi connectivity index (χ2n) is 25.0. The normalized spacial score (nSPS) is 37.4. The minimum Gasteiger partial charge on any atom is -0.466 e. The first-order chi connectivity index (χ1) is 43.9. The third-order valence-corrected chi connectivity index (χ3v) is 20.5. The zero-order chi connectivity index (χ0) is 67.0. The van der Waals surface area contributed by atoms with Gasteiger partial charge in [0.2, 0.25) is 0 Å². The number of ketones is 1. The number of hydrogen-bond donors (Lipinski definition) is 0. The summed E-state index contributed by atoms with van der Waals surface area (Å²) in [6, 6.07) is 0. The Morgan fingerprint density at radius 1 is 0.322 bits per heavy atom. The molecule has 0 aromatic heterocycles. The van der Waals surface area contributed by atoms with Crippen LogP contribution in [0.15, 0.2) is 0 Å². The second-order valence-corrected chi connectivity index (χ2v) is 25.0. The zero-order valence-corrected chi connectivity index (χ0v) is 59.3. The van der Waals surface area contributed by atoms with Crippen molar-refractivity contribution in [2.45, 2.75) is 321 Å². The van der Waals surface area contributed by atoms with Gasteiger partial charge in [0.15, 0.2) is 0 Å². The number of carbonyl (C=O) groups excluding carboxylic acids is 8. The van der Waals surface area contributed by atoms with Crippen molar-refractivity contribution >= 4 is 47.6 Å². The van der Waals surface area contributed by atoms with Crippen LogP contribution in [0.2, 0.25) is 0 Å². The fourth-order valence-corrected chi connectivity index (χ4v) is 16.7. The van der Waals surface area contributed by atoms with Crippen molar-refractivity contribution in [2.24, 2.45) is 82.9 Å². The van der Waals surface area contributed by atoms with Gasteiger partial charge in [-0.25, -0.2) is 0 Å². The van der Waals surface area contributed by atoms with Crippen LogP contribution in [0, 0.1) is 82.9 Å². The fraction of sp³-hybridized carbons (Fsp3) is 0.892. The maximum atomic E-state index is 11.2. The first-order valence-corrected chi connectivity index (χ1v) is 37.4. The van der Waals surface area contributed by atoms with Crippen LogP contribution in [0.25, 0.3) is 0 Å². The standard InChI is InChI=1S/2C9H12O2.C8H10O2.C8H12O2.C7H8O3.C7H10O2.C5H8O2.C5H8O.8C2H6/c10-9-8-6-2-1-5(3-6)7(8)4-11-9;10-9-7-3-5-1-2-6(7)8(4-5)11-9;9-8-6-2-4-1-5(6)7(3-4)10-8;9-8-7-4-2-1-3-6(7)5-10-8;8-7-4-1-3-2-5(10-7)6(4)9-3;8-7-5-2-1-3-6(4-5)9-7;6-5-3-1-2-4-7-5;6-5-3-1-2-4-5;8*1-2/h2*5-8H,1-4H2;4-7H,1-3H2;6-7H,1-5H2;3-6H,1-2H2;5-6H,1-4H2;1-4H2;1-4H2;8*1-2H3. The van der Waals surface area contributed by atoms with Crippen LogP contribution in [0.4, 0.5) is 0 Å². The number of ether oxygens (including phenoxy) is 8. The molecule has 10 saturated carbocycles. The van der Waals surface area contributed by atoms with Crippen molar-refractivity contribution in [3.8, 4) is 0 Å². The van der Waals surface area contributed by atoms with Gasteiger partial charge in [-0.2, -0.15) is 0 Å². The summed E-state index contributed by atoms with van der Waals surface area (Å²) in [4.78, 5) is 86.8. The molecule has 19 aliphatic rings. The van der Waals surface area contributed by atoms with E-state index in [1.54, 1.807) is 0 Å². The van der Waals surface area contributed by atoms with Gasteiger partial charge in [-0.15, -0.1) is 0 Å². The molecule has 90 heavy (non-hydrogen) atoms. The number of Topliss-reactive ketones (excluding diaryl/α,β-unsaturated/α-hetero) is 1. The average Bonchev–Trinajstić information content (AvgIpc) is 1.91. The summed E-state index contributed by atoms with van der Waals surface area (Å²) < 4.78 is 40.7. The monoisotopic (exact) mass is 1270 g/mol. The maximum absolute atomic E-state index is 11.2. The molecule has 19 rings (SSSR count). The Morgan fingerprint density at radius 3 is 1.38 bits per heavy atom. The highest BCUT2D eigenvalue weighted by Gasteiger charge is 2.59. The van der Waals surface area contributed by atoms with Crippen molar-refractivity contribution in [3.63, 3.8) is 0 Å². The van der Waals surface area contributed by atoms with E-state index in [1.807, 2.05) is 111 Å². The Bertz CT molecular complexity index is 2060. The van der Waals surface area contributed by atoms with E-state index in [1.165, 1.54) is 64.2 Å². The largest absolute Gasteiger partial charge is 0.466 e. The maximum Gasteiger partial charge on any atom is 0.312 e. The zero-order valence-electron chi connectivity index (χ0n) is 59.3. The lowest BCUT2D eigenvalue weighted by atomic mass is 9.65. The Hall–Kier alpha value is -4.08. The topological polar surface area (TPSA) is 210 Å². The molecule has 0 aromatic carbocycles. The molecule has 19 fully saturated rings. The lowest BCUT2D eigenvalue weighted by Gasteiger charge is -2.38. The minimum atomic E-state index is -0.0359. The molecular formula is C74H128O16. The molecule has 0 radical (unpaired) electrons.